The minimum atomic E-state index is -0.500. The summed E-state index contributed by atoms with van der Waals surface area (Å²) in [7, 11) is 0. The van der Waals surface area contributed by atoms with Gasteiger partial charge in [0, 0.05) is 13.4 Å². The standard InChI is InChI=1S/C4H8O2.CH2O2.H3N/c1-3-6-4(2)5;2-1-3;/h3H2,1-2H3;1H,(H,2,3);1H3. The first kappa shape index (κ1) is 16.0. The van der Waals surface area contributed by atoms with Gasteiger partial charge in [0.05, 0.1) is 6.61 Å². The molecule has 0 atom stereocenters. The van der Waals surface area contributed by atoms with E-state index in [9.17, 15) is 4.79 Å². The SMILES string of the molecule is CCOC(C)=O.O=C[O-].[NH4+]. The van der Waals surface area contributed by atoms with Gasteiger partial charge in [-0.2, -0.15) is 0 Å². The van der Waals surface area contributed by atoms with Crippen LogP contribution in [-0.4, -0.2) is 19.0 Å². The van der Waals surface area contributed by atoms with E-state index in [1.165, 1.54) is 6.92 Å². The Bertz CT molecular complexity index is 83.7. The van der Waals surface area contributed by atoms with E-state index < -0.39 is 6.47 Å². The molecule has 0 unspecified atom stereocenters. The quantitative estimate of drug-likeness (QED) is 0.395. The van der Waals surface area contributed by atoms with Crippen molar-refractivity contribution in [2.24, 2.45) is 0 Å². The normalized spacial score (nSPS) is 5.80. The van der Waals surface area contributed by atoms with Crippen molar-refractivity contribution in [3.8, 4) is 0 Å². The van der Waals surface area contributed by atoms with Gasteiger partial charge in [-0.05, 0) is 6.92 Å². The summed E-state index contributed by atoms with van der Waals surface area (Å²) >= 11 is 0. The monoisotopic (exact) mass is 151 g/mol. The molecule has 0 aromatic heterocycles. The lowest BCUT2D eigenvalue weighted by Gasteiger charge is -1.89. The van der Waals surface area contributed by atoms with E-state index in [1.54, 1.807) is 6.92 Å². The van der Waals surface area contributed by atoms with Gasteiger partial charge in [0.15, 0.2) is 0 Å². The summed E-state index contributed by atoms with van der Waals surface area (Å²) in [4.78, 5) is 18.1. The second kappa shape index (κ2) is 15.7. The fourth-order valence-electron chi connectivity index (χ4n) is 0.203. The Kier molecular flexibility index (Phi) is 25.0. The molecule has 0 spiro atoms. The van der Waals surface area contributed by atoms with Gasteiger partial charge in [0.25, 0.3) is 0 Å². The molecule has 0 heterocycles. The molecule has 0 saturated heterocycles. The number of rotatable bonds is 1. The Balaban J connectivity index is -0.000000107. The molecule has 5 nitrogen and oxygen atoms in total. The molecule has 5 heteroatoms. The number of ether oxygens (including phenoxy) is 1. The first-order chi connectivity index (χ1) is 4.18. The number of carbonyl (C=O) groups is 2. The van der Waals surface area contributed by atoms with Crippen LogP contribution in [-0.2, 0) is 14.3 Å². The highest BCUT2D eigenvalue weighted by atomic mass is 16.5. The van der Waals surface area contributed by atoms with Crippen LogP contribution >= 0.6 is 0 Å². The van der Waals surface area contributed by atoms with Crippen molar-refractivity contribution in [2.75, 3.05) is 6.61 Å². The average Bonchev–Trinajstić information content (AvgIpc) is 1.67. The highest BCUT2D eigenvalue weighted by Gasteiger charge is 1.81. The van der Waals surface area contributed by atoms with Gasteiger partial charge in [0.2, 0.25) is 0 Å². The zero-order valence-corrected chi connectivity index (χ0v) is 6.42. The van der Waals surface area contributed by atoms with E-state index in [2.05, 4.69) is 4.74 Å². The Morgan fingerprint density at radius 2 is 2.00 bits per heavy atom. The lowest BCUT2D eigenvalue weighted by molar-refractivity contribution is -0.283. The second-order valence-electron chi connectivity index (χ2n) is 1.02. The van der Waals surface area contributed by atoms with Crippen LogP contribution in [0.4, 0.5) is 0 Å². The maximum absolute atomic E-state index is 9.82. The van der Waals surface area contributed by atoms with Crippen LogP contribution in [0.25, 0.3) is 0 Å². The summed E-state index contributed by atoms with van der Waals surface area (Å²) in [6.07, 6.45) is 0. The highest BCUT2D eigenvalue weighted by Crippen LogP contribution is 1.69. The summed E-state index contributed by atoms with van der Waals surface area (Å²) in [5.74, 6) is -0.211. The third-order valence-electron chi connectivity index (χ3n) is 0.348. The molecule has 62 valence electrons. The minimum Gasteiger partial charge on any atom is -0.554 e. The summed E-state index contributed by atoms with van der Waals surface area (Å²) in [5.41, 5.74) is 0. The Morgan fingerprint density at radius 1 is 1.70 bits per heavy atom. The van der Waals surface area contributed by atoms with Crippen LogP contribution in [0.2, 0.25) is 0 Å². The number of esters is 1. The molecule has 0 aromatic carbocycles. The molecule has 0 amide bonds. The van der Waals surface area contributed by atoms with Gasteiger partial charge < -0.3 is 20.8 Å². The van der Waals surface area contributed by atoms with E-state index in [0.717, 1.165) is 0 Å². The van der Waals surface area contributed by atoms with Crippen LogP contribution in [0.3, 0.4) is 0 Å². The summed E-state index contributed by atoms with van der Waals surface area (Å²) < 4.78 is 4.40. The van der Waals surface area contributed by atoms with E-state index in [-0.39, 0.29) is 12.1 Å². The summed E-state index contributed by atoms with van der Waals surface area (Å²) in [6.45, 7) is 3.15. The van der Waals surface area contributed by atoms with Gasteiger partial charge in [-0.1, -0.05) is 0 Å². The molecule has 0 aliphatic rings. The molecule has 0 radical (unpaired) electrons. The third kappa shape index (κ3) is 66.5. The number of hydrogen-bond acceptors (Lipinski definition) is 4. The fourth-order valence-corrected chi connectivity index (χ4v) is 0.203. The van der Waals surface area contributed by atoms with E-state index in [0.29, 0.717) is 6.61 Å². The maximum atomic E-state index is 9.82. The van der Waals surface area contributed by atoms with E-state index in [4.69, 9.17) is 9.90 Å². The van der Waals surface area contributed by atoms with Crippen molar-refractivity contribution in [1.29, 1.82) is 0 Å². The van der Waals surface area contributed by atoms with Crippen molar-refractivity contribution >= 4 is 12.4 Å². The topological polar surface area (TPSA) is 103 Å². The van der Waals surface area contributed by atoms with Gasteiger partial charge in [-0.25, -0.2) is 0 Å². The maximum Gasteiger partial charge on any atom is 0.302 e. The largest absolute Gasteiger partial charge is 0.554 e. The van der Waals surface area contributed by atoms with Crippen LogP contribution in [0, 0.1) is 0 Å². The number of hydrogen-bond donors (Lipinski definition) is 1. The minimum absolute atomic E-state index is 0. The van der Waals surface area contributed by atoms with Crippen molar-refractivity contribution in [1.82, 2.24) is 6.15 Å². The number of carbonyl (C=O) groups excluding carboxylic acids is 2. The van der Waals surface area contributed by atoms with Crippen LogP contribution < -0.4 is 11.3 Å². The molecule has 4 N–H and O–H groups in total. The smallest absolute Gasteiger partial charge is 0.302 e. The molecule has 0 fully saturated rings. The van der Waals surface area contributed by atoms with Gasteiger partial charge >= 0.3 is 5.97 Å². The van der Waals surface area contributed by atoms with Crippen molar-refractivity contribution in [2.45, 2.75) is 13.8 Å². The summed E-state index contributed by atoms with van der Waals surface area (Å²) in [5, 5.41) is 8.25. The fraction of sp³-hybridized carbons (Fsp3) is 0.600. The molecule has 0 rings (SSSR count). The molecule has 0 aromatic rings. The average molecular weight is 151 g/mol. The van der Waals surface area contributed by atoms with E-state index >= 15 is 0 Å². The summed E-state index contributed by atoms with van der Waals surface area (Å²) in [6, 6.07) is 0. The third-order valence-corrected chi connectivity index (χ3v) is 0.348. The molecular weight excluding hydrogens is 138 g/mol. The van der Waals surface area contributed by atoms with Crippen molar-refractivity contribution in [3.05, 3.63) is 0 Å². The molecule has 0 aliphatic carbocycles. The zero-order valence-electron chi connectivity index (χ0n) is 6.42. The Hall–Kier alpha value is -1.10. The molecule has 0 saturated carbocycles. The van der Waals surface area contributed by atoms with E-state index in [1.807, 2.05) is 0 Å². The first-order valence-corrected chi connectivity index (χ1v) is 2.38. The van der Waals surface area contributed by atoms with Gasteiger partial charge in [-0.3, -0.25) is 4.79 Å². The van der Waals surface area contributed by atoms with Crippen LogP contribution in [0.5, 0.6) is 0 Å². The number of carboxylic acid groups (broad SMARTS) is 1. The molecule has 0 bridgehead atoms. The predicted octanol–water partition coefficient (Wildman–Crippen LogP) is -0.688. The predicted molar refractivity (Wildman–Crippen MR) is 34.4 cm³/mol. The molecular formula is C5H13NO4. The van der Waals surface area contributed by atoms with Gasteiger partial charge in [-0.15, -0.1) is 0 Å². The van der Waals surface area contributed by atoms with Crippen LogP contribution in [0.15, 0.2) is 0 Å². The van der Waals surface area contributed by atoms with Crippen molar-refractivity contribution < 1.29 is 19.4 Å². The first-order valence-electron chi connectivity index (χ1n) is 2.38. The lowest BCUT2D eigenvalue weighted by atomic mass is 10.8. The highest BCUT2D eigenvalue weighted by molar-refractivity contribution is 5.65. The van der Waals surface area contributed by atoms with Crippen LogP contribution in [0.1, 0.15) is 13.8 Å². The molecule has 0 aliphatic heterocycles. The Morgan fingerprint density at radius 3 is 2.00 bits per heavy atom. The lowest BCUT2D eigenvalue weighted by Crippen LogP contribution is -2.01. The zero-order chi connectivity index (χ0) is 7.70. The van der Waals surface area contributed by atoms with Gasteiger partial charge in [0.1, 0.15) is 0 Å². The molecule has 10 heavy (non-hydrogen) atoms. The number of quaternary nitrogens is 1. The Labute approximate surface area is 59.6 Å². The second-order valence-corrected chi connectivity index (χ2v) is 1.02. The van der Waals surface area contributed by atoms with Crippen molar-refractivity contribution in [3.63, 3.8) is 0 Å².